The highest BCUT2D eigenvalue weighted by Gasteiger charge is 1.81. The van der Waals surface area contributed by atoms with Gasteiger partial charge >= 0.3 is 0 Å². The van der Waals surface area contributed by atoms with Crippen LogP contribution < -0.4 is 0 Å². The SMILES string of the molecule is CC.CC.O=C=Nc1ccccn1. The lowest BCUT2D eigenvalue weighted by Gasteiger charge is -1.82. The van der Waals surface area contributed by atoms with E-state index in [9.17, 15) is 4.79 Å². The molecule has 0 unspecified atom stereocenters. The van der Waals surface area contributed by atoms with E-state index in [0.29, 0.717) is 5.82 Å². The van der Waals surface area contributed by atoms with Gasteiger partial charge in [0, 0.05) is 6.20 Å². The third-order valence-corrected chi connectivity index (χ3v) is 0.809. The summed E-state index contributed by atoms with van der Waals surface area (Å²) in [7, 11) is 0. The number of hydrogen-bond acceptors (Lipinski definition) is 3. The Morgan fingerprint density at radius 2 is 1.85 bits per heavy atom. The molecule has 1 aromatic rings. The fraction of sp³-hybridized carbons (Fsp3) is 0.400. The average Bonchev–Trinajstić information content (AvgIpc) is 2.26. The van der Waals surface area contributed by atoms with Crippen molar-refractivity contribution in [2.45, 2.75) is 27.7 Å². The number of aromatic nitrogens is 1. The third-order valence-electron chi connectivity index (χ3n) is 0.809. The molecule has 0 aliphatic carbocycles. The third kappa shape index (κ3) is 8.44. The van der Waals surface area contributed by atoms with Gasteiger partial charge in [-0.1, -0.05) is 33.8 Å². The van der Waals surface area contributed by atoms with Gasteiger partial charge in [-0.3, -0.25) is 0 Å². The van der Waals surface area contributed by atoms with Gasteiger partial charge < -0.3 is 0 Å². The second-order valence-electron chi connectivity index (χ2n) is 1.39. The summed E-state index contributed by atoms with van der Waals surface area (Å²) in [5.41, 5.74) is 0. The Bertz CT molecular complexity index is 228. The maximum absolute atomic E-state index is 9.64. The lowest BCUT2D eigenvalue weighted by Crippen LogP contribution is -1.67. The van der Waals surface area contributed by atoms with Crippen LogP contribution in [0, 0.1) is 0 Å². The Morgan fingerprint density at radius 3 is 2.23 bits per heavy atom. The molecular weight excluding hydrogens is 164 g/mol. The van der Waals surface area contributed by atoms with Crippen LogP contribution in [0.15, 0.2) is 29.4 Å². The van der Waals surface area contributed by atoms with E-state index in [1.165, 1.54) is 6.08 Å². The van der Waals surface area contributed by atoms with Crippen LogP contribution in [0.5, 0.6) is 0 Å². The molecule has 1 heterocycles. The summed E-state index contributed by atoms with van der Waals surface area (Å²) in [6, 6.07) is 5.14. The van der Waals surface area contributed by atoms with Crippen LogP contribution in [0.3, 0.4) is 0 Å². The van der Waals surface area contributed by atoms with E-state index in [2.05, 4.69) is 9.98 Å². The van der Waals surface area contributed by atoms with Crippen LogP contribution in [-0.2, 0) is 4.79 Å². The minimum Gasteiger partial charge on any atom is -0.236 e. The minimum atomic E-state index is 0.396. The molecule has 0 bridgehead atoms. The molecule has 0 atom stereocenters. The molecule has 0 radical (unpaired) electrons. The summed E-state index contributed by atoms with van der Waals surface area (Å²) in [6.07, 6.45) is 2.96. The first kappa shape index (κ1) is 14.1. The van der Waals surface area contributed by atoms with Crippen LogP contribution >= 0.6 is 0 Å². The first-order valence-electron chi connectivity index (χ1n) is 4.42. The van der Waals surface area contributed by atoms with Crippen LogP contribution in [0.4, 0.5) is 5.82 Å². The number of hydrogen-bond donors (Lipinski definition) is 0. The maximum Gasteiger partial charge on any atom is 0.242 e. The van der Waals surface area contributed by atoms with Gasteiger partial charge in [0.1, 0.15) is 0 Å². The summed E-state index contributed by atoms with van der Waals surface area (Å²) >= 11 is 0. The van der Waals surface area contributed by atoms with Crippen molar-refractivity contribution in [3.63, 3.8) is 0 Å². The zero-order valence-electron chi connectivity index (χ0n) is 8.61. The smallest absolute Gasteiger partial charge is 0.236 e. The quantitative estimate of drug-likeness (QED) is 0.492. The van der Waals surface area contributed by atoms with Crippen LogP contribution in [-0.4, -0.2) is 11.1 Å². The number of pyridine rings is 1. The maximum atomic E-state index is 9.64. The molecule has 0 aliphatic rings. The molecule has 0 amide bonds. The monoisotopic (exact) mass is 180 g/mol. The largest absolute Gasteiger partial charge is 0.242 e. The zero-order chi connectivity index (χ0) is 10.5. The van der Waals surface area contributed by atoms with E-state index >= 15 is 0 Å². The minimum absolute atomic E-state index is 0.396. The van der Waals surface area contributed by atoms with Crippen molar-refractivity contribution in [3.05, 3.63) is 24.4 Å². The number of carbonyl (C=O) groups excluding carboxylic acids is 1. The molecule has 0 N–H and O–H groups in total. The molecular formula is C10H16N2O. The zero-order valence-corrected chi connectivity index (χ0v) is 8.61. The van der Waals surface area contributed by atoms with E-state index in [4.69, 9.17) is 0 Å². The predicted octanol–water partition coefficient (Wildman–Crippen LogP) is 3.10. The lowest BCUT2D eigenvalue weighted by atomic mass is 10.5. The van der Waals surface area contributed by atoms with Gasteiger partial charge in [0.05, 0.1) is 0 Å². The fourth-order valence-corrected chi connectivity index (χ4v) is 0.467. The van der Waals surface area contributed by atoms with E-state index in [1.54, 1.807) is 24.4 Å². The molecule has 3 heteroatoms. The van der Waals surface area contributed by atoms with Crippen LogP contribution in [0.25, 0.3) is 0 Å². The fourth-order valence-electron chi connectivity index (χ4n) is 0.467. The average molecular weight is 180 g/mol. The van der Waals surface area contributed by atoms with Crippen molar-refractivity contribution in [3.8, 4) is 0 Å². The summed E-state index contributed by atoms with van der Waals surface area (Å²) < 4.78 is 0. The van der Waals surface area contributed by atoms with Gasteiger partial charge in [0.25, 0.3) is 0 Å². The van der Waals surface area contributed by atoms with Gasteiger partial charge in [0.2, 0.25) is 6.08 Å². The Balaban J connectivity index is 0. The Morgan fingerprint density at radius 1 is 1.23 bits per heavy atom. The second kappa shape index (κ2) is 13.1. The molecule has 72 valence electrons. The molecule has 0 fully saturated rings. The van der Waals surface area contributed by atoms with Crippen molar-refractivity contribution in [1.82, 2.24) is 4.98 Å². The number of isocyanates is 1. The van der Waals surface area contributed by atoms with Gasteiger partial charge in [-0.2, -0.15) is 0 Å². The van der Waals surface area contributed by atoms with E-state index in [0.717, 1.165) is 0 Å². The van der Waals surface area contributed by atoms with E-state index < -0.39 is 0 Å². The standard InChI is InChI=1S/C6H4N2O.2C2H6/c9-5-8-6-3-1-2-4-7-6;2*1-2/h1-4H;2*1-2H3. The number of rotatable bonds is 1. The summed E-state index contributed by atoms with van der Waals surface area (Å²) in [5.74, 6) is 0.396. The van der Waals surface area contributed by atoms with Crippen molar-refractivity contribution >= 4 is 11.9 Å². The summed E-state index contributed by atoms with van der Waals surface area (Å²) in [4.78, 5) is 16.7. The van der Waals surface area contributed by atoms with Crippen LogP contribution in [0.2, 0.25) is 0 Å². The molecule has 0 saturated carbocycles. The normalized spacial score (nSPS) is 6.46. The summed E-state index contributed by atoms with van der Waals surface area (Å²) in [6.45, 7) is 8.00. The Hall–Kier alpha value is -1.47. The molecule has 0 saturated heterocycles. The second-order valence-corrected chi connectivity index (χ2v) is 1.39. The molecule has 0 aliphatic heterocycles. The topological polar surface area (TPSA) is 42.3 Å². The van der Waals surface area contributed by atoms with Gasteiger partial charge in [-0.15, -0.1) is 4.99 Å². The highest BCUT2D eigenvalue weighted by atomic mass is 16.1. The highest BCUT2D eigenvalue weighted by molar-refractivity contribution is 5.43. The van der Waals surface area contributed by atoms with E-state index in [1.807, 2.05) is 27.7 Å². The van der Waals surface area contributed by atoms with Gasteiger partial charge in [0.15, 0.2) is 5.82 Å². The Labute approximate surface area is 79.5 Å². The highest BCUT2D eigenvalue weighted by Crippen LogP contribution is 2.01. The van der Waals surface area contributed by atoms with Crippen molar-refractivity contribution < 1.29 is 4.79 Å². The molecule has 0 aromatic carbocycles. The first-order chi connectivity index (χ1) is 6.43. The van der Waals surface area contributed by atoms with Crippen LogP contribution in [0.1, 0.15) is 27.7 Å². The molecule has 1 rings (SSSR count). The van der Waals surface area contributed by atoms with Gasteiger partial charge in [-0.25, -0.2) is 9.78 Å². The molecule has 0 spiro atoms. The molecule has 13 heavy (non-hydrogen) atoms. The lowest BCUT2D eigenvalue weighted by molar-refractivity contribution is 0.565. The molecule has 3 nitrogen and oxygen atoms in total. The molecule has 1 aromatic heterocycles. The Kier molecular flexibility index (Phi) is 14.2. The van der Waals surface area contributed by atoms with E-state index in [-0.39, 0.29) is 0 Å². The van der Waals surface area contributed by atoms with Crippen molar-refractivity contribution in [2.75, 3.05) is 0 Å². The first-order valence-corrected chi connectivity index (χ1v) is 4.42. The predicted molar refractivity (Wildman–Crippen MR) is 54.7 cm³/mol. The van der Waals surface area contributed by atoms with Gasteiger partial charge in [-0.05, 0) is 12.1 Å². The summed E-state index contributed by atoms with van der Waals surface area (Å²) in [5, 5.41) is 0. The number of aliphatic imine (C=N–C) groups is 1. The van der Waals surface area contributed by atoms with Crippen molar-refractivity contribution in [1.29, 1.82) is 0 Å². The van der Waals surface area contributed by atoms with Crippen molar-refractivity contribution in [2.24, 2.45) is 4.99 Å². The number of nitrogens with zero attached hydrogens (tertiary/aromatic N) is 2.